The number of amides is 1. The van der Waals surface area contributed by atoms with Crippen LogP contribution in [0.25, 0.3) is 0 Å². The van der Waals surface area contributed by atoms with Crippen molar-refractivity contribution in [1.82, 2.24) is 15.5 Å². The number of ether oxygens (including phenoxy) is 1. The van der Waals surface area contributed by atoms with Crippen LogP contribution in [0.2, 0.25) is 0 Å². The summed E-state index contributed by atoms with van der Waals surface area (Å²) in [6.07, 6.45) is 2.82. The molecule has 0 bridgehead atoms. The standard InChI is InChI=1S/C26H35N5O2.HI/c1-2-28-26(30-23-12-14-33-24-11-4-3-10-22(23)24)29-16-19-7-5-8-20(15-19)17-31-13-6-9-21(18-31)25(27)32;/h3-5,7-8,10-11,15,21,23H,2,6,9,12-14,16-18H2,1H3,(H2,27,32)(H2,28,29,30);1H. The number of carbonyl (C=O) groups excluding carboxylic acids is 1. The highest BCUT2D eigenvalue weighted by Crippen LogP contribution is 2.31. The molecule has 0 spiro atoms. The summed E-state index contributed by atoms with van der Waals surface area (Å²) < 4.78 is 5.79. The Morgan fingerprint density at radius 2 is 2.00 bits per heavy atom. The third-order valence-electron chi connectivity index (χ3n) is 6.34. The minimum absolute atomic E-state index is 0. The summed E-state index contributed by atoms with van der Waals surface area (Å²) >= 11 is 0. The summed E-state index contributed by atoms with van der Waals surface area (Å²) in [5.41, 5.74) is 9.11. The molecule has 1 saturated heterocycles. The topological polar surface area (TPSA) is 92.0 Å². The number of guanidine groups is 1. The zero-order valence-corrected chi connectivity index (χ0v) is 22.2. The zero-order chi connectivity index (χ0) is 23.0. The van der Waals surface area contributed by atoms with Crippen molar-refractivity contribution in [3.05, 3.63) is 65.2 Å². The van der Waals surface area contributed by atoms with Gasteiger partial charge in [0.2, 0.25) is 5.91 Å². The molecule has 8 heteroatoms. The Morgan fingerprint density at radius 3 is 2.82 bits per heavy atom. The Kier molecular flexibility index (Phi) is 10.0. The van der Waals surface area contributed by atoms with Gasteiger partial charge in [-0.05, 0) is 43.5 Å². The molecule has 2 unspecified atom stereocenters. The number of para-hydroxylation sites is 1. The molecule has 0 aliphatic carbocycles. The van der Waals surface area contributed by atoms with E-state index in [1.54, 1.807) is 0 Å². The number of nitrogens with one attached hydrogen (secondary N) is 2. The van der Waals surface area contributed by atoms with Crippen LogP contribution in [0.3, 0.4) is 0 Å². The van der Waals surface area contributed by atoms with Crippen molar-refractivity contribution in [2.75, 3.05) is 26.2 Å². The molecule has 4 N–H and O–H groups in total. The van der Waals surface area contributed by atoms with E-state index in [0.717, 1.165) is 57.2 Å². The van der Waals surface area contributed by atoms with E-state index < -0.39 is 0 Å². The largest absolute Gasteiger partial charge is 0.493 e. The molecule has 0 radical (unpaired) electrons. The first-order valence-corrected chi connectivity index (χ1v) is 12.0. The average Bonchev–Trinajstić information content (AvgIpc) is 2.83. The van der Waals surface area contributed by atoms with E-state index in [-0.39, 0.29) is 41.8 Å². The van der Waals surface area contributed by atoms with Gasteiger partial charge in [-0.25, -0.2) is 4.99 Å². The van der Waals surface area contributed by atoms with Gasteiger partial charge >= 0.3 is 0 Å². The van der Waals surface area contributed by atoms with Crippen molar-refractivity contribution in [2.45, 2.75) is 45.3 Å². The second-order valence-electron chi connectivity index (χ2n) is 8.86. The van der Waals surface area contributed by atoms with Gasteiger partial charge in [0, 0.05) is 31.6 Å². The van der Waals surface area contributed by atoms with Gasteiger partial charge in [-0.15, -0.1) is 24.0 Å². The fraction of sp³-hybridized carbons (Fsp3) is 0.462. The minimum Gasteiger partial charge on any atom is -0.493 e. The maximum Gasteiger partial charge on any atom is 0.221 e. The lowest BCUT2D eigenvalue weighted by Crippen LogP contribution is -2.41. The van der Waals surface area contributed by atoms with Crippen LogP contribution in [0.1, 0.15) is 48.9 Å². The smallest absolute Gasteiger partial charge is 0.221 e. The molecule has 2 aromatic rings. The Bertz CT molecular complexity index is 983. The highest BCUT2D eigenvalue weighted by atomic mass is 127. The van der Waals surface area contributed by atoms with Crippen molar-refractivity contribution in [3.8, 4) is 5.75 Å². The van der Waals surface area contributed by atoms with Crippen LogP contribution in [0.5, 0.6) is 5.75 Å². The van der Waals surface area contributed by atoms with Crippen molar-refractivity contribution in [2.24, 2.45) is 16.6 Å². The van der Waals surface area contributed by atoms with E-state index >= 15 is 0 Å². The number of carbonyl (C=O) groups is 1. The third-order valence-corrected chi connectivity index (χ3v) is 6.34. The highest BCUT2D eigenvalue weighted by molar-refractivity contribution is 14.0. The molecule has 4 rings (SSSR count). The van der Waals surface area contributed by atoms with Crippen LogP contribution in [0.15, 0.2) is 53.5 Å². The van der Waals surface area contributed by atoms with Crippen molar-refractivity contribution in [1.29, 1.82) is 0 Å². The number of nitrogens with zero attached hydrogens (tertiary/aromatic N) is 2. The minimum atomic E-state index is -0.182. The Morgan fingerprint density at radius 1 is 1.18 bits per heavy atom. The molecular formula is C26H36IN5O2. The monoisotopic (exact) mass is 577 g/mol. The maximum absolute atomic E-state index is 11.6. The Balaban J connectivity index is 0.00000324. The molecule has 2 aromatic carbocycles. The summed E-state index contributed by atoms with van der Waals surface area (Å²) in [5.74, 6) is 1.54. The molecule has 34 heavy (non-hydrogen) atoms. The molecular weight excluding hydrogens is 541 g/mol. The molecule has 1 amide bonds. The van der Waals surface area contributed by atoms with Crippen LogP contribution in [0.4, 0.5) is 0 Å². The predicted molar refractivity (Wildman–Crippen MR) is 146 cm³/mol. The van der Waals surface area contributed by atoms with Gasteiger partial charge in [-0.1, -0.05) is 42.5 Å². The fourth-order valence-electron chi connectivity index (χ4n) is 4.66. The molecule has 2 aliphatic heterocycles. The number of likely N-dealkylation sites (tertiary alicyclic amines) is 1. The fourth-order valence-corrected chi connectivity index (χ4v) is 4.66. The van der Waals surface area contributed by atoms with E-state index in [0.29, 0.717) is 13.2 Å². The molecule has 2 aliphatic rings. The lowest BCUT2D eigenvalue weighted by molar-refractivity contribution is -0.123. The maximum atomic E-state index is 11.6. The molecule has 184 valence electrons. The van der Waals surface area contributed by atoms with Gasteiger partial charge in [0.25, 0.3) is 0 Å². The summed E-state index contributed by atoms with van der Waals surface area (Å²) in [5, 5.41) is 6.96. The zero-order valence-electron chi connectivity index (χ0n) is 19.8. The number of piperidine rings is 1. The quantitative estimate of drug-likeness (QED) is 0.266. The van der Waals surface area contributed by atoms with Gasteiger partial charge in [-0.2, -0.15) is 0 Å². The second-order valence-corrected chi connectivity index (χ2v) is 8.86. The van der Waals surface area contributed by atoms with Gasteiger partial charge < -0.3 is 21.1 Å². The molecule has 0 saturated carbocycles. The van der Waals surface area contributed by atoms with E-state index in [9.17, 15) is 4.79 Å². The summed E-state index contributed by atoms with van der Waals surface area (Å²) in [6, 6.07) is 16.9. The summed E-state index contributed by atoms with van der Waals surface area (Å²) in [4.78, 5) is 18.8. The van der Waals surface area contributed by atoms with Crippen molar-refractivity contribution in [3.63, 3.8) is 0 Å². The first-order valence-electron chi connectivity index (χ1n) is 12.0. The van der Waals surface area contributed by atoms with Crippen LogP contribution in [-0.2, 0) is 17.9 Å². The second kappa shape index (κ2) is 12.9. The number of nitrogens with two attached hydrogens (primary N) is 1. The normalized spacial score (nSPS) is 20.4. The van der Waals surface area contributed by atoms with Crippen molar-refractivity contribution < 1.29 is 9.53 Å². The van der Waals surface area contributed by atoms with Crippen LogP contribution in [-0.4, -0.2) is 43.0 Å². The number of fused-ring (bicyclic) bond motifs is 1. The van der Waals surface area contributed by atoms with E-state index in [1.165, 1.54) is 16.7 Å². The summed E-state index contributed by atoms with van der Waals surface area (Å²) in [6.45, 7) is 6.76. The number of aliphatic imine (C=N–C) groups is 1. The van der Waals surface area contributed by atoms with E-state index in [2.05, 4.69) is 52.8 Å². The number of hydrogen-bond donors (Lipinski definition) is 3. The molecule has 0 aromatic heterocycles. The summed E-state index contributed by atoms with van der Waals surface area (Å²) in [7, 11) is 0. The van der Waals surface area contributed by atoms with E-state index in [4.69, 9.17) is 15.5 Å². The van der Waals surface area contributed by atoms with Crippen molar-refractivity contribution >= 4 is 35.8 Å². The van der Waals surface area contributed by atoms with Gasteiger partial charge in [-0.3, -0.25) is 9.69 Å². The number of rotatable bonds is 7. The lowest BCUT2D eigenvalue weighted by atomic mass is 9.97. The van der Waals surface area contributed by atoms with Gasteiger partial charge in [0.1, 0.15) is 5.75 Å². The Hall–Kier alpha value is -2.33. The first kappa shape index (κ1) is 26.3. The number of hydrogen-bond acceptors (Lipinski definition) is 4. The Labute approximate surface area is 219 Å². The third kappa shape index (κ3) is 7.09. The SMILES string of the molecule is CCNC(=NCc1cccc(CN2CCCC(C(N)=O)C2)c1)NC1CCOc2ccccc21.I. The molecule has 2 atom stereocenters. The number of halogens is 1. The predicted octanol–water partition coefficient (Wildman–Crippen LogP) is 3.58. The van der Waals surface area contributed by atoms with Gasteiger partial charge in [0.15, 0.2) is 5.96 Å². The number of benzene rings is 2. The molecule has 1 fully saturated rings. The average molecular weight is 578 g/mol. The highest BCUT2D eigenvalue weighted by Gasteiger charge is 2.24. The molecule has 2 heterocycles. The van der Waals surface area contributed by atoms with Gasteiger partial charge in [0.05, 0.1) is 25.1 Å². The van der Waals surface area contributed by atoms with Crippen LogP contribution >= 0.6 is 24.0 Å². The first-order chi connectivity index (χ1) is 16.1. The molecule has 7 nitrogen and oxygen atoms in total. The number of primary amides is 1. The van der Waals surface area contributed by atoms with E-state index in [1.807, 2.05) is 18.2 Å². The van der Waals surface area contributed by atoms with Crippen LogP contribution in [0, 0.1) is 5.92 Å². The van der Waals surface area contributed by atoms with Crippen LogP contribution < -0.4 is 21.1 Å². The lowest BCUT2D eigenvalue weighted by Gasteiger charge is -2.31.